The Balaban J connectivity index is 2.37. The van der Waals surface area contributed by atoms with Crippen LogP contribution in [0.2, 0.25) is 5.02 Å². The van der Waals surface area contributed by atoms with E-state index in [2.05, 4.69) is 6.26 Å². The molecule has 2 aromatic rings. The van der Waals surface area contributed by atoms with Crippen molar-refractivity contribution in [2.75, 3.05) is 0 Å². The average Bonchev–Trinajstić information content (AvgIpc) is 3.02. The lowest BCUT2D eigenvalue weighted by molar-refractivity contribution is 0.510. The second kappa shape index (κ2) is 3.11. The Hall–Kier alpha value is -1.28. The first-order valence-electron chi connectivity index (χ1n) is 4.89. The summed E-state index contributed by atoms with van der Waals surface area (Å²) in [7, 11) is 0. The Bertz CT molecular complexity index is 582. The zero-order chi connectivity index (χ0) is 10.4. The van der Waals surface area contributed by atoms with Crippen LogP contribution in [0.5, 0.6) is 0 Å². The molecule has 1 aromatic carbocycles. The number of benzene rings is 1. The summed E-state index contributed by atoms with van der Waals surface area (Å²) < 4.78 is 4.71. The molecule has 0 saturated heterocycles. The minimum Gasteiger partial charge on any atom is -0.419 e. The van der Waals surface area contributed by atoms with Crippen molar-refractivity contribution >= 4 is 22.4 Å². The highest BCUT2D eigenvalue weighted by Crippen LogP contribution is 2.42. The summed E-state index contributed by atoms with van der Waals surface area (Å²) >= 11 is 6.11. The third kappa shape index (κ3) is 1.45. The first-order valence-corrected chi connectivity index (χ1v) is 5.27. The predicted molar refractivity (Wildman–Crippen MR) is 58.3 cm³/mol. The van der Waals surface area contributed by atoms with E-state index in [1.807, 2.05) is 12.1 Å². The normalized spacial score (nSPS) is 15.8. The van der Waals surface area contributed by atoms with E-state index in [-0.39, 0.29) is 5.63 Å². The molecular weight excluding hydrogens is 212 g/mol. The van der Waals surface area contributed by atoms with Gasteiger partial charge in [-0.05, 0) is 42.5 Å². The fraction of sp³-hybridized carbons (Fsp3) is 0.250. The van der Waals surface area contributed by atoms with Gasteiger partial charge in [-0.3, -0.25) is 0 Å². The molecule has 0 amide bonds. The molecule has 0 bridgehead atoms. The van der Waals surface area contributed by atoms with E-state index in [0.717, 1.165) is 10.9 Å². The third-order valence-electron chi connectivity index (χ3n) is 2.78. The van der Waals surface area contributed by atoms with Gasteiger partial charge in [-0.15, -0.1) is 0 Å². The van der Waals surface area contributed by atoms with E-state index in [4.69, 9.17) is 16.0 Å². The average molecular weight is 220 g/mol. The van der Waals surface area contributed by atoms with Crippen LogP contribution in [0.15, 0.2) is 27.4 Å². The van der Waals surface area contributed by atoms with Gasteiger partial charge in [-0.25, -0.2) is 4.79 Å². The smallest absolute Gasteiger partial charge is 0.344 e. The van der Waals surface area contributed by atoms with Gasteiger partial charge >= 0.3 is 5.63 Å². The molecule has 1 radical (unpaired) electrons. The van der Waals surface area contributed by atoms with Crippen molar-refractivity contribution in [2.24, 2.45) is 0 Å². The summed E-state index contributed by atoms with van der Waals surface area (Å²) in [6.45, 7) is 0. The molecule has 3 heteroatoms. The summed E-state index contributed by atoms with van der Waals surface area (Å²) in [6, 6.07) is 5.43. The molecular formula is C12H8ClO2. The quantitative estimate of drug-likeness (QED) is 0.738. The summed E-state index contributed by atoms with van der Waals surface area (Å²) in [5, 5.41) is 1.89. The second-order valence-electron chi connectivity index (χ2n) is 3.89. The van der Waals surface area contributed by atoms with Crippen LogP contribution in [0, 0.1) is 6.26 Å². The van der Waals surface area contributed by atoms with E-state index in [1.54, 1.807) is 6.07 Å². The lowest BCUT2D eigenvalue weighted by atomic mass is 10.1. The Morgan fingerprint density at radius 3 is 2.87 bits per heavy atom. The molecule has 1 fully saturated rings. The molecule has 0 aliphatic heterocycles. The highest BCUT2D eigenvalue weighted by Gasteiger charge is 2.24. The van der Waals surface area contributed by atoms with Crippen LogP contribution in [-0.2, 0) is 0 Å². The molecule has 75 valence electrons. The molecule has 1 saturated carbocycles. The van der Waals surface area contributed by atoms with Gasteiger partial charge < -0.3 is 4.42 Å². The van der Waals surface area contributed by atoms with Gasteiger partial charge in [0.05, 0.1) is 5.39 Å². The molecule has 1 aromatic heterocycles. The molecule has 1 heterocycles. The van der Waals surface area contributed by atoms with Crippen molar-refractivity contribution < 1.29 is 4.42 Å². The summed E-state index contributed by atoms with van der Waals surface area (Å²) in [5.74, 6) is 0.579. The van der Waals surface area contributed by atoms with Gasteiger partial charge in [0.2, 0.25) is 0 Å². The maximum atomic E-state index is 11.5. The second-order valence-corrected chi connectivity index (χ2v) is 4.30. The van der Waals surface area contributed by atoms with Crippen molar-refractivity contribution in [3.05, 3.63) is 45.5 Å². The molecule has 1 aliphatic carbocycles. The minimum atomic E-state index is -0.364. The predicted octanol–water partition coefficient (Wildman–Crippen LogP) is 3.12. The maximum Gasteiger partial charge on any atom is 0.344 e. The number of hydrogen-bond acceptors (Lipinski definition) is 2. The molecule has 2 nitrogen and oxygen atoms in total. The third-order valence-corrected chi connectivity index (χ3v) is 3.09. The highest BCUT2D eigenvalue weighted by molar-refractivity contribution is 6.35. The van der Waals surface area contributed by atoms with Crippen LogP contribution < -0.4 is 5.63 Å². The monoisotopic (exact) mass is 219 g/mol. The summed E-state index contributed by atoms with van der Waals surface area (Å²) in [5.41, 5.74) is 0.780. The largest absolute Gasteiger partial charge is 0.419 e. The molecule has 0 unspecified atom stereocenters. The molecule has 3 rings (SSSR count). The first-order chi connectivity index (χ1) is 7.25. The number of fused-ring (bicyclic) bond motifs is 1. The standard InChI is InChI=1S/C12H8ClO2/c13-11-6-8(7-1-2-7)5-10-9(11)3-4-15-12(10)14/h3,5-7H,1-2H2. The number of hydrogen-bond donors (Lipinski definition) is 0. The van der Waals surface area contributed by atoms with E-state index in [9.17, 15) is 4.79 Å². The molecule has 0 atom stereocenters. The first kappa shape index (κ1) is 8.98. The van der Waals surface area contributed by atoms with E-state index in [1.165, 1.54) is 12.8 Å². The Morgan fingerprint density at radius 2 is 2.13 bits per heavy atom. The highest BCUT2D eigenvalue weighted by atomic mass is 35.5. The van der Waals surface area contributed by atoms with Crippen LogP contribution in [0.1, 0.15) is 24.3 Å². The topological polar surface area (TPSA) is 30.2 Å². The van der Waals surface area contributed by atoms with E-state index in [0.29, 0.717) is 16.3 Å². The van der Waals surface area contributed by atoms with Gasteiger partial charge in [-0.2, -0.15) is 0 Å². The van der Waals surface area contributed by atoms with Crippen molar-refractivity contribution in [3.8, 4) is 0 Å². The molecule has 15 heavy (non-hydrogen) atoms. The van der Waals surface area contributed by atoms with Gasteiger partial charge in [-0.1, -0.05) is 11.6 Å². The Kier molecular flexibility index (Phi) is 1.86. The minimum absolute atomic E-state index is 0.364. The number of rotatable bonds is 1. The fourth-order valence-corrected chi connectivity index (χ4v) is 2.09. The van der Waals surface area contributed by atoms with E-state index >= 15 is 0 Å². The van der Waals surface area contributed by atoms with Crippen molar-refractivity contribution in [1.29, 1.82) is 0 Å². The molecule has 0 N–H and O–H groups in total. The van der Waals surface area contributed by atoms with Crippen molar-refractivity contribution in [3.63, 3.8) is 0 Å². The lowest BCUT2D eigenvalue weighted by Crippen LogP contribution is -1.99. The SMILES string of the molecule is O=c1o[c]cc2c(Cl)cc(C3CC3)cc12. The summed E-state index contributed by atoms with van der Waals surface area (Å²) in [4.78, 5) is 11.5. The Morgan fingerprint density at radius 1 is 1.33 bits per heavy atom. The van der Waals surface area contributed by atoms with Crippen LogP contribution >= 0.6 is 11.6 Å². The zero-order valence-electron chi connectivity index (χ0n) is 7.92. The van der Waals surface area contributed by atoms with Crippen LogP contribution in [0.3, 0.4) is 0 Å². The van der Waals surface area contributed by atoms with Crippen molar-refractivity contribution in [1.82, 2.24) is 0 Å². The van der Waals surface area contributed by atoms with E-state index < -0.39 is 0 Å². The number of halogens is 1. The maximum absolute atomic E-state index is 11.5. The van der Waals surface area contributed by atoms with Crippen LogP contribution in [0.4, 0.5) is 0 Å². The molecule has 0 spiro atoms. The van der Waals surface area contributed by atoms with Crippen molar-refractivity contribution in [2.45, 2.75) is 18.8 Å². The summed E-state index contributed by atoms with van der Waals surface area (Å²) in [6.07, 6.45) is 4.81. The zero-order valence-corrected chi connectivity index (χ0v) is 8.67. The van der Waals surface area contributed by atoms with Gasteiger partial charge in [0.25, 0.3) is 0 Å². The van der Waals surface area contributed by atoms with Gasteiger partial charge in [0.15, 0.2) is 6.26 Å². The van der Waals surface area contributed by atoms with Gasteiger partial charge in [0.1, 0.15) is 0 Å². The van der Waals surface area contributed by atoms with Crippen LogP contribution in [-0.4, -0.2) is 0 Å². The Labute approximate surface area is 91.5 Å². The molecule has 1 aliphatic rings. The van der Waals surface area contributed by atoms with Crippen LogP contribution in [0.25, 0.3) is 10.8 Å². The fourth-order valence-electron chi connectivity index (χ4n) is 1.80. The van der Waals surface area contributed by atoms with Gasteiger partial charge in [0, 0.05) is 10.4 Å². The lowest BCUT2D eigenvalue weighted by Gasteiger charge is -2.02.